The van der Waals surface area contributed by atoms with E-state index in [-0.39, 0.29) is 29.1 Å². The molecule has 1 aliphatic carbocycles. The van der Waals surface area contributed by atoms with Gasteiger partial charge in [-0.05, 0) is 57.2 Å². The number of aromatic hydroxyl groups is 2. The first-order chi connectivity index (χ1) is 10.9. The summed E-state index contributed by atoms with van der Waals surface area (Å²) in [7, 11) is 0. The molecular formula is C20H28O3. The second-order valence-electron chi connectivity index (χ2n) is 6.80. The number of rotatable bonds is 6. The van der Waals surface area contributed by atoms with Gasteiger partial charge in [-0.25, -0.2) is 0 Å². The highest BCUT2D eigenvalue weighted by Crippen LogP contribution is 2.44. The summed E-state index contributed by atoms with van der Waals surface area (Å²) in [6.07, 6.45) is 7.89. The van der Waals surface area contributed by atoms with Gasteiger partial charge in [0.2, 0.25) is 0 Å². The summed E-state index contributed by atoms with van der Waals surface area (Å²) in [5, 5.41) is 20.9. The maximum Gasteiger partial charge on any atom is 0.133 e. The molecule has 0 saturated heterocycles. The zero-order valence-corrected chi connectivity index (χ0v) is 14.4. The molecule has 1 aromatic carbocycles. The van der Waals surface area contributed by atoms with E-state index in [4.69, 9.17) is 0 Å². The molecular weight excluding hydrogens is 288 g/mol. The van der Waals surface area contributed by atoms with Crippen molar-refractivity contribution >= 4 is 5.78 Å². The zero-order chi connectivity index (χ0) is 17.0. The van der Waals surface area contributed by atoms with Crippen LogP contribution in [-0.2, 0) is 11.2 Å². The van der Waals surface area contributed by atoms with Gasteiger partial charge in [-0.15, -0.1) is 0 Å². The highest BCUT2D eigenvalue weighted by atomic mass is 16.3. The summed E-state index contributed by atoms with van der Waals surface area (Å²) in [6, 6.07) is 3.50. The zero-order valence-electron chi connectivity index (χ0n) is 14.4. The summed E-state index contributed by atoms with van der Waals surface area (Å²) in [4.78, 5) is 12.0. The molecule has 126 valence electrons. The second kappa shape index (κ2) is 7.67. The number of Topliss-reactive ketones (excluding diaryl/α,β-unsaturated/α-hetero) is 1. The number of carbonyl (C=O) groups is 1. The quantitative estimate of drug-likeness (QED) is 0.582. The van der Waals surface area contributed by atoms with Crippen molar-refractivity contribution < 1.29 is 15.0 Å². The van der Waals surface area contributed by atoms with Crippen molar-refractivity contribution in [1.29, 1.82) is 0 Å². The summed E-state index contributed by atoms with van der Waals surface area (Å²) in [5.74, 6) is -0.0608. The third kappa shape index (κ3) is 4.15. The van der Waals surface area contributed by atoms with Crippen LogP contribution in [0.3, 0.4) is 0 Å². The molecule has 23 heavy (non-hydrogen) atoms. The first-order valence-corrected chi connectivity index (χ1v) is 8.66. The number of ketones is 1. The normalized spacial score (nSPS) is 21.1. The number of hydrogen-bond acceptors (Lipinski definition) is 3. The Balaban J connectivity index is 2.34. The Morgan fingerprint density at radius 3 is 2.43 bits per heavy atom. The van der Waals surface area contributed by atoms with Gasteiger partial charge in [0, 0.05) is 17.4 Å². The molecule has 1 aliphatic rings. The molecule has 3 heteroatoms. The van der Waals surface area contributed by atoms with E-state index in [1.54, 1.807) is 19.1 Å². The van der Waals surface area contributed by atoms with Gasteiger partial charge in [0.15, 0.2) is 0 Å². The van der Waals surface area contributed by atoms with E-state index in [2.05, 4.69) is 6.92 Å². The summed E-state index contributed by atoms with van der Waals surface area (Å²) in [5.41, 5.74) is 2.66. The van der Waals surface area contributed by atoms with Crippen LogP contribution < -0.4 is 0 Å². The summed E-state index contributed by atoms with van der Waals surface area (Å²) in [6.45, 7) is 5.79. The molecule has 0 radical (unpaired) electrons. The fourth-order valence-corrected chi connectivity index (χ4v) is 3.55. The smallest absolute Gasteiger partial charge is 0.133 e. The molecule has 2 rings (SSSR count). The molecule has 0 heterocycles. The lowest BCUT2D eigenvalue weighted by molar-refractivity contribution is -0.121. The van der Waals surface area contributed by atoms with E-state index in [1.807, 2.05) is 13.0 Å². The first kappa shape index (κ1) is 17.6. The number of allylic oxidation sites excluding steroid dienone is 2. The minimum atomic E-state index is -0.231. The van der Waals surface area contributed by atoms with Crippen LogP contribution in [0.2, 0.25) is 0 Å². The average Bonchev–Trinajstić information content (AvgIpc) is 2.46. The van der Waals surface area contributed by atoms with E-state index in [1.165, 1.54) is 5.57 Å². The largest absolute Gasteiger partial charge is 0.507 e. The van der Waals surface area contributed by atoms with Gasteiger partial charge < -0.3 is 10.2 Å². The molecule has 0 spiro atoms. The van der Waals surface area contributed by atoms with Gasteiger partial charge in [-0.2, -0.15) is 0 Å². The number of benzene rings is 1. The van der Waals surface area contributed by atoms with Crippen LogP contribution >= 0.6 is 0 Å². The minimum absolute atomic E-state index is 0.110. The summed E-state index contributed by atoms with van der Waals surface area (Å²) < 4.78 is 0. The second-order valence-corrected chi connectivity index (χ2v) is 6.80. The molecule has 2 atom stereocenters. The minimum Gasteiger partial charge on any atom is -0.507 e. The average molecular weight is 316 g/mol. The van der Waals surface area contributed by atoms with E-state index < -0.39 is 0 Å². The Morgan fingerprint density at radius 1 is 1.22 bits per heavy atom. The van der Waals surface area contributed by atoms with Gasteiger partial charge in [-0.1, -0.05) is 31.4 Å². The first-order valence-electron chi connectivity index (χ1n) is 8.66. The highest BCUT2D eigenvalue weighted by Gasteiger charge is 2.32. The van der Waals surface area contributed by atoms with Crippen LogP contribution in [0.25, 0.3) is 0 Å². The predicted molar refractivity (Wildman–Crippen MR) is 92.9 cm³/mol. The van der Waals surface area contributed by atoms with Crippen molar-refractivity contribution in [2.75, 3.05) is 0 Å². The molecule has 0 aromatic heterocycles. The van der Waals surface area contributed by atoms with Crippen molar-refractivity contribution in [1.82, 2.24) is 0 Å². The molecule has 0 bridgehead atoms. The standard InChI is InChI=1S/C20H28O3/c1-4-5-6-7-15-11-18(22)20(19(23)12-15)17-10-13(2)8-9-16(17)14(3)21/h10-12,16-17,22-23H,4-9H2,1-3H3/t16-,17+/m0/s1. The molecule has 3 nitrogen and oxygen atoms in total. The molecule has 1 aromatic rings. The lowest BCUT2D eigenvalue weighted by Gasteiger charge is -2.29. The maximum absolute atomic E-state index is 12.0. The number of aryl methyl sites for hydroxylation is 1. The van der Waals surface area contributed by atoms with Crippen LogP contribution in [0.1, 0.15) is 69.9 Å². The summed E-state index contributed by atoms with van der Waals surface area (Å²) >= 11 is 0. The third-order valence-corrected chi connectivity index (χ3v) is 4.87. The van der Waals surface area contributed by atoms with Crippen LogP contribution in [0.5, 0.6) is 11.5 Å². The Kier molecular flexibility index (Phi) is 5.86. The number of hydrogen-bond donors (Lipinski definition) is 2. The number of phenols is 2. The topological polar surface area (TPSA) is 57.5 Å². The van der Waals surface area contributed by atoms with Gasteiger partial charge in [0.25, 0.3) is 0 Å². The molecule has 0 aliphatic heterocycles. The van der Waals surface area contributed by atoms with E-state index in [0.29, 0.717) is 5.56 Å². The maximum atomic E-state index is 12.0. The number of phenolic OH excluding ortho intramolecular Hbond substituents is 2. The van der Waals surface area contributed by atoms with Crippen LogP contribution in [0.4, 0.5) is 0 Å². The van der Waals surface area contributed by atoms with E-state index >= 15 is 0 Å². The van der Waals surface area contributed by atoms with Crippen molar-refractivity contribution in [2.45, 2.75) is 65.2 Å². The van der Waals surface area contributed by atoms with Crippen molar-refractivity contribution in [3.63, 3.8) is 0 Å². The third-order valence-electron chi connectivity index (χ3n) is 4.87. The fourth-order valence-electron chi connectivity index (χ4n) is 3.55. The molecule has 2 N–H and O–H groups in total. The number of carbonyl (C=O) groups excluding carboxylic acids is 1. The Bertz CT molecular complexity index is 578. The van der Waals surface area contributed by atoms with Gasteiger partial charge in [-0.3, -0.25) is 4.79 Å². The molecule has 0 unspecified atom stereocenters. The van der Waals surface area contributed by atoms with Crippen LogP contribution in [0.15, 0.2) is 23.8 Å². The lowest BCUT2D eigenvalue weighted by atomic mass is 9.74. The van der Waals surface area contributed by atoms with Crippen molar-refractivity contribution in [2.24, 2.45) is 5.92 Å². The van der Waals surface area contributed by atoms with Crippen molar-refractivity contribution in [3.8, 4) is 11.5 Å². The fraction of sp³-hybridized carbons (Fsp3) is 0.550. The Hall–Kier alpha value is -1.77. The lowest BCUT2D eigenvalue weighted by Crippen LogP contribution is -2.22. The Morgan fingerprint density at radius 2 is 1.87 bits per heavy atom. The number of unbranched alkanes of at least 4 members (excludes halogenated alkanes) is 2. The highest BCUT2D eigenvalue weighted by molar-refractivity contribution is 5.80. The van der Waals surface area contributed by atoms with E-state index in [0.717, 1.165) is 44.1 Å². The molecule has 0 fully saturated rings. The van der Waals surface area contributed by atoms with Crippen molar-refractivity contribution in [3.05, 3.63) is 34.9 Å². The van der Waals surface area contributed by atoms with E-state index in [9.17, 15) is 15.0 Å². The van der Waals surface area contributed by atoms with Gasteiger partial charge in [0.05, 0.1) is 0 Å². The van der Waals surface area contributed by atoms with Crippen LogP contribution in [-0.4, -0.2) is 16.0 Å². The monoisotopic (exact) mass is 316 g/mol. The Labute approximate surface area is 139 Å². The SMILES string of the molecule is CCCCCc1cc(O)c([C@@H]2C=C(C)CC[C@H]2C(C)=O)c(O)c1. The van der Waals surface area contributed by atoms with Gasteiger partial charge in [0.1, 0.15) is 17.3 Å². The van der Waals surface area contributed by atoms with Gasteiger partial charge >= 0.3 is 0 Å². The van der Waals surface area contributed by atoms with Crippen LogP contribution in [0, 0.1) is 5.92 Å². The molecule has 0 amide bonds. The predicted octanol–water partition coefficient (Wildman–Crippen LogP) is 4.86. The molecule has 0 saturated carbocycles.